The normalized spacial score (nSPS) is 14.9. The van der Waals surface area contributed by atoms with Crippen molar-refractivity contribution in [1.29, 1.82) is 0 Å². The number of hydrogen-bond acceptors (Lipinski definition) is 3. The van der Waals surface area contributed by atoms with E-state index in [0.29, 0.717) is 32.1 Å². The molecule has 0 radical (unpaired) electrons. The molecular formula is C23H26F3N3O2. The van der Waals surface area contributed by atoms with Crippen LogP contribution in [0.2, 0.25) is 0 Å². The highest BCUT2D eigenvalue weighted by Crippen LogP contribution is 2.12. The summed E-state index contributed by atoms with van der Waals surface area (Å²) in [4.78, 5) is 28.6. The SMILES string of the molecule is O=C(NCCCC(=O)N1CCCN(Cc2ccc(F)cc2)CC1)c1ccc(F)cc1F. The summed E-state index contributed by atoms with van der Waals surface area (Å²) in [7, 11) is 0. The average Bonchev–Trinajstić information content (AvgIpc) is 2.98. The Balaban J connectivity index is 1.38. The minimum Gasteiger partial charge on any atom is -0.352 e. The molecule has 0 bridgehead atoms. The Morgan fingerprint density at radius 3 is 2.39 bits per heavy atom. The van der Waals surface area contributed by atoms with Gasteiger partial charge in [-0.05, 0) is 42.7 Å². The van der Waals surface area contributed by atoms with Gasteiger partial charge in [0.05, 0.1) is 5.56 Å². The Labute approximate surface area is 179 Å². The maximum absolute atomic E-state index is 13.6. The van der Waals surface area contributed by atoms with Crippen LogP contribution in [0.4, 0.5) is 13.2 Å². The summed E-state index contributed by atoms with van der Waals surface area (Å²) < 4.78 is 39.6. The van der Waals surface area contributed by atoms with Gasteiger partial charge in [0.25, 0.3) is 5.91 Å². The van der Waals surface area contributed by atoms with Crippen LogP contribution in [-0.2, 0) is 11.3 Å². The summed E-state index contributed by atoms with van der Waals surface area (Å²) in [5.41, 5.74) is 0.816. The standard InChI is InChI=1S/C23H26F3N3O2/c24-18-6-4-17(5-7-18)16-28-11-2-12-29(14-13-28)22(30)3-1-10-27-23(31)20-9-8-19(25)15-21(20)26/h4-9,15H,1-3,10-14,16H2,(H,27,31). The van der Waals surface area contributed by atoms with Gasteiger partial charge in [-0.15, -0.1) is 0 Å². The zero-order valence-electron chi connectivity index (χ0n) is 17.3. The Bertz CT molecular complexity index is 905. The van der Waals surface area contributed by atoms with E-state index in [0.717, 1.165) is 37.2 Å². The Morgan fingerprint density at radius 2 is 1.65 bits per heavy atom. The maximum atomic E-state index is 13.6. The second-order valence-corrected chi connectivity index (χ2v) is 7.62. The molecule has 3 rings (SSSR count). The monoisotopic (exact) mass is 433 g/mol. The minimum atomic E-state index is -0.914. The van der Waals surface area contributed by atoms with Crippen LogP contribution in [0.1, 0.15) is 35.2 Å². The molecule has 1 aliphatic heterocycles. The summed E-state index contributed by atoms with van der Waals surface area (Å²) in [6.45, 7) is 3.84. The highest BCUT2D eigenvalue weighted by Gasteiger charge is 2.19. The summed E-state index contributed by atoms with van der Waals surface area (Å²) >= 11 is 0. The van der Waals surface area contributed by atoms with Gasteiger partial charge in [0.1, 0.15) is 17.5 Å². The van der Waals surface area contributed by atoms with Crippen molar-refractivity contribution in [3.05, 3.63) is 71.0 Å². The second-order valence-electron chi connectivity index (χ2n) is 7.62. The van der Waals surface area contributed by atoms with Crippen molar-refractivity contribution in [1.82, 2.24) is 15.1 Å². The van der Waals surface area contributed by atoms with Crippen LogP contribution in [0.25, 0.3) is 0 Å². The Hall–Kier alpha value is -2.87. The molecule has 31 heavy (non-hydrogen) atoms. The number of carbonyl (C=O) groups excluding carboxylic acids is 2. The van der Waals surface area contributed by atoms with E-state index in [1.165, 1.54) is 12.1 Å². The third kappa shape index (κ3) is 6.82. The van der Waals surface area contributed by atoms with Crippen molar-refractivity contribution in [2.45, 2.75) is 25.8 Å². The predicted molar refractivity (Wildman–Crippen MR) is 111 cm³/mol. The van der Waals surface area contributed by atoms with Crippen molar-refractivity contribution in [3.8, 4) is 0 Å². The number of halogens is 3. The molecule has 2 aromatic rings. The van der Waals surface area contributed by atoms with E-state index in [-0.39, 0.29) is 30.3 Å². The third-order valence-electron chi connectivity index (χ3n) is 5.29. The number of nitrogens with one attached hydrogen (secondary N) is 1. The fourth-order valence-corrected chi connectivity index (χ4v) is 3.59. The quantitative estimate of drug-likeness (QED) is 0.682. The van der Waals surface area contributed by atoms with Gasteiger partial charge < -0.3 is 10.2 Å². The van der Waals surface area contributed by atoms with Gasteiger partial charge in [-0.1, -0.05) is 12.1 Å². The van der Waals surface area contributed by atoms with Crippen molar-refractivity contribution < 1.29 is 22.8 Å². The molecule has 2 amide bonds. The molecule has 0 atom stereocenters. The smallest absolute Gasteiger partial charge is 0.254 e. The topological polar surface area (TPSA) is 52.7 Å². The number of nitrogens with zero attached hydrogens (tertiary/aromatic N) is 2. The van der Waals surface area contributed by atoms with Gasteiger partial charge >= 0.3 is 0 Å². The molecule has 8 heteroatoms. The van der Waals surface area contributed by atoms with Crippen molar-refractivity contribution in [2.75, 3.05) is 32.7 Å². The lowest BCUT2D eigenvalue weighted by Gasteiger charge is -2.22. The summed E-state index contributed by atoms with van der Waals surface area (Å²) in [5.74, 6) is -2.52. The van der Waals surface area contributed by atoms with Gasteiger partial charge in [0, 0.05) is 51.8 Å². The lowest BCUT2D eigenvalue weighted by molar-refractivity contribution is -0.131. The number of amides is 2. The minimum absolute atomic E-state index is 0.0193. The van der Waals surface area contributed by atoms with E-state index in [1.54, 1.807) is 12.1 Å². The number of rotatable bonds is 7. The highest BCUT2D eigenvalue weighted by atomic mass is 19.1. The average molecular weight is 433 g/mol. The number of hydrogen-bond donors (Lipinski definition) is 1. The molecule has 166 valence electrons. The highest BCUT2D eigenvalue weighted by molar-refractivity contribution is 5.94. The molecule has 5 nitrogen and oxygen atoms in total. The van der Waals surface area contributed by atoms with Crippen LogP contribution in [0.15, 0.2) is 42.5 Å². The van der Waals surface area contributed by atoms with Gasteiger partial charge in [-0.25, -0.2) is 13.2 Å². The fraction of sp³-hybridized carbons (Fsp3) is 0.391. The maximum Gasteiger partial charge on any atom is 0.254 e. The van der Waals surface area contributed by atoms with Crippen LogP contribution in [-0.4, -0.2) is 54.3 Å². The lowest BCUT2D eigenvalue weighted by Crippen LogP contribution is -2.35. The van der Waals surface area contributed by atoms with Gasteiger partial charge in [-0.3, -0.25) is 14.5 Å². The molecule has 1 saturated heterocycles. The van der Waals surface area contributed by atoms with Crippen LogP contribution >= 0.6 is 0 Å². The first kappa shape index (κ1) is 22.8. The lowest BCUT2D eigenvalue weighted by atomic mass is 10.2. The first-order chi connectivity index (χ1) is 14.9. The van der Waals surface area contributed by atoms with E-state index in [2.05, 4.69) is 10.2 Å². The van der Waals surface area contributed by atoms with Crippen LogP contribution in [0.5, 0.6) is 0 Å². The van der Waals surface area contributed by atoms with E-state index < -0.39 is 17.5 Å². The van der Waals surface area contributed by atoms with Crippen molar-refractivity contribution in [3.63, 3.8) is 0 Å². The molecule has 0 aliphatic carbocycles. The third-order valence-corrected chi connectivity index (χ3v) is 5.29. The number of carbonyl (C=O) groups is 2. The summed E-state index contributed by atoms with van der Waals surface area (Å²) in [5, 5.41) is 2.56. The zero-order chi connectivity index (χ0) is 22.2. The van der Waals surface area contributed by atoms with E-state index in [9.17, 15) is 22.8 Å². The first-order valence-electron chi connectivity index (χ1n) is 10.4. The first-order valence-corrected chi connectivity index (χ1v) is 10.4. The Kier molecular flexibility index (Phi) is 8.06. The van der Waals surface area contributed by atoms with Crippen LogP contribution < -0.4 is 5.32 Å². The molecule has 1 aliphatic rings. The van der Waals surface area contributed by atoms with E-state index in [4.69, 9.17) is 0 Å². The molecule has 0 spiro atoms. The van der Waals surface area contributed by atoms with Crippen LogP contribution in [0.3, 0.4) is 0 Å². The summed E-state index contributed by atoms with van der Waals surface area (Å²) in [6, 6.07) is 9.24. The molecular weight excluding hydrogens is 407 g/mol. The number of benzene rings is 2. The largest absolute Gasteiger partial charge is 0.352 e. The molecule has 1 heterocycles. The molecule has 0 aromatic heterocycles. The van der Waals surface area contributed by atoms with Gasteiger partial charge in [-0.2, -0.15) is 0 Å². The zero-order valence-corrected chi connectivity index (χ0v) is 17.3. The second kappa shape index (κ2) is 10.9. The van der Waals surface area contributed by atoms with E-state index >= 15 is 0 Å². The van der Waals surface area contributed by atoms with Gasteiger partial charge in [0.2, 0.25) is 5.91 Å². The molecule has 0 unspecified atom stereocenters. The molecule has 2 aromatic carbocycles. The fourth-order valence-electron chi connectivity index (χ4n) is 3.59. The Morgan fingerprint density at radius 1 is 0.903 bits per heavy atom. The molecule has 1 N–H and O–H groups in total. The van der Waals surface area contributed by atoms with E-state index in [1.807, 2.05) is 4.90 Å². The molecule has 0 saturated carbocycles. The molecule has 1 fully saturated rings. The summed E-state index contributed by atoms with van der Waals surface area (Å²) in [6.07, 6.45) is 1.57. The van der Waals surface area contributed by atoms with Crippen molar-refractivity contribution in [2.24, 2.45) is 0 Å². The van der Waals surface area contributed by atoms with Crippen LogP contribution in [0, 0.1) is 17.5 Å². The van der Waals surface area contributed by atoms with Gasteiger partial charge in [0.15, 0.2) is 0 Å². The predicted octanol–water partition coefficient (Wildman–Crippen LogP) is 3.35. The van der Waals surface area contributed by atoms with Crippen molar-refractivity contribution >= 4 is 11.8 Å².